The topological polar surface area (TPSA) is 95.2 Å². The quantitative estimate of drug-likeness (QED) is 0.166. The summed E-state index contributed by atoms with van der Waals surface area (Å²) in [5.41, 5.74) is 10.3. The Hall–Kier alpha value is -6.70. The number of nitriles is 4. The number of fused-ring (bicyclic) bond motifs is 3. The highest BCUT2D eigenvalue weighted by molar-refractivity contribution is 7.27. The summed E-state index contributed by atoms with van der Waals surface area (Å²) in [6, 6.07) is 47.3. The number of nitrogens with zero attached hydrogens (tertiary/aromatic N) is 4. The molecule has 0 aliphatic carbocycles. The Balaban J connectivity index is 1.19. The number of thiophene rings is 6. The Morgan fingerprint density at radius 1 is 0.391 bits per heavy atom. The van der Waals surface area contributed by atoms with Crippen LogP contribution in [-0.4, -0.2) is 0 Å². The van der Waals surface area contributed by atoms with Crippen LogP contribution in [0.2, 0.25) is 0 Å². The fourth-order valence-electron chi connectivity index (χ4n) is 8.54. The van der Waals surface area contributed by atoms with E-state index in [9.17, 15) is 21.0 Å². The molecule has 10 heteroatoms. The molecule has 0 aliphatic rings. The minimum absolute atomic E-state index is 0.139. The molecular formula is C54H32N4S6. The second kappa shape index (κ2) is 16.8. The highest BCUT2D eigenvalue weighted by atomic mass is 32.1. The number of rotatable bonds is 6. The molecule has 64 heavy (non-hydrogen) atoms. The Morgan fingerprint density at radius 2 is 0.781 bits per heavy atom. The van der Waals surface area contributed by atoms with E-state index < -0.39 is 0 Å². The highest BCUT2D eigenvalue weighted by Gasteiger charge is 2.23. The van der Waals surface area contributed by atoms with Crippen LogP contribution in [-0.2, 0) is 0 Å². The first-order chi connectivity index (χ1) is 31.1. The van der Waals surface area contributed by atoms with Crippen LogP contribution >= 0.6 is 68.0 Å². The summed E-state index contributed by atoms with van der Waals surface area (Å²) < 4.78 is 5.87. The van der Waals surface area contributed by atoms with Gasteiger partial charge in [-0.05, 0) is 168 Å². The molecule has 0 atom stereocenters. The molecule has 0 aliphatic heterocycles. The molecule has 4 nitrogen and oxygen atoms in total. The van der Waals surface area contributed by atoms with Crippen LogP contribution in [0.15, 0.2) is 109 Å². The lowest BCUT2D eigenvalue weighted by Crippen LogP contribution is -1.96. The van der Waals surface area contributed by atoms with Crippen molar-refractivity contribution in [1.29, 1.82) is 21.0 Å². The van der Waals surface area contributed by atoms with Gasteiger partial charge in [0.25, 0.3) is 0 Å². The molecule has 0 amide bonds. The van der Waals surface area contributed by atoms with Crippen molar-refractivity contribution in [2.75, 3.05) is 0 Å². The van der Waals surface area contributed by atoms with Crippen molar-refractivity contribution in [3.8, 4) is 66.0 Å². The first-order valence-electron chi connectivity index (χ1n) is 20.2. The zero-order valence-electron chi connectivity index (χ0n) is 34.8. The van der Waals surface area contributed by atoms with E-state index in [1.165, 1.54) is 118 Å². The Bertz CT molecular complexity index is 3680. The average molecular weight is 929 g/mol. The first kappa shape index (κ1) is 41.3. The predicted molar refractivity (Wildman–Crippen MR) is 275 cm³/mol. The van der Waals surface area contributed by atoms with Crippen LogP contribution < -0.4 is 18.1 Å². The largest absolute Gasteiger partial charge is 0.192 e. The highest BCUT2D eigenvalue weighted by Crippen LogP contribution is 2.52. The number of aryl methyl sites for hydroxylation is 4. The maximum absolute atomic E-state index is 9.38. The zero-order chi connectivity index (χ0) is 44.2. The summed E-state index contributed by atoms with van der Waals surface area (Å²) in [6.07, 6.45) is 4.26. The molecule has 0 saturated carbocycles. The lowest BCUT2D eigenvalue weighted by atomic mass is 9.84. The molecule has 6 aromatic heterocycles. The van der Waals surface area contributed by atoms with Gasteiger partial charge >= 0.3 is 0 Å². The van der Waals surface area contributed by atoms with Gasteiger partial charge in [-0.1, -0.05) is 36.4 Å². The van der Waals surface area contributed by atoms with Gasteiger partial charge in [-0.25, -0.2) is 0 Å². The lowest BCUT2D eigenvalue weighted by Gasteiger charge is -2.19. The van der Waals surface area contributed by atoms with Gasteiger partial charge in [0, 0.05) is 58.5 Å². The van der Waals surface area contributed by atoms with E-state index in [1.807, 2.05) is 71.2 Å². The monoisotopic (exact) mass is 928 g/mol. The molecule has 0 spiro atoms. The maximum Gasteiger partial charge on any atom is 0.146 e. The van der Waals surface area contributed by atoms with Crippen LogP contribution in [0.1, 0.15) is 32.0 Å². The average Bonchev–Trinajstić information content (AvgIpc) is 4.15. The van der Waals surface area contributed by atoms with E-state index in [0.717, 1.165) is 18.8 Å². The van der Waals surface area contributed by atoms with E-state index in [1.54, 1.807) is 22.7 Å². The third-order valence-electron chi connectivity index (χ3n) is 11.4. The number of hydrogen-bond donors (Lipinski definition) is 0. The third kappa shape index (κ3) is 7.31. The first-order valence-corrected chi connectivity index (χ1v) is 25.1. The summed E-state index contributed by atoms with van der Waals surface area (Å²) in [4.78, 5) is 7.06. The minimum Gasteiger partial charge on any atom is -0.192 e. The molecule has 304 valence electrons. The van der Waals surface area contributed by atoms with Crippen LogP contribution in [0.3, 0.4) is 0 Å². The van der Waals surface area contributed by atoms with Gasteiger partial charge in [-0.15, -0.1) is 68.0 Å². The van der Waals surface area contributed by atoms with Gasteiger partial charge < -0.3 is 0 Å². The van der Waals surface area contributed by atoms with Gasteiger partial charge in [-0.2, -0.15) is 21.0 Å². The van der Waals surface area contributed by atoms with Crippen molar-refractivity contribution in [3.05, 3.63) is 159 Å². The van der Waals surface area contributed by atoms with Gasteiger partial charge in [0.15, 0.2) is 0 Å². The van der Waals surface area contributed by atoms with E-state index in [2.05, 4.69) is 125 Å². The van der Waals surface area contributed by atoms with Crippen molar-refractivity contribution in [2.45, 2.75) is 27.7 Å². The van der Waals surface area contributed by atoms with Gasteiger partial charge in [-0.3, -0.25) is 0 Å². The van der Waals surface area contributed by atoms with E-state index in [4.69, 9.17) is 0 Å². The normalized spacial score (nSPS) is 11.9. The van der Waals surface area contributed by atoms with Crippen LogP contribution in [0.25, 0.3) is 96.0 Å². The molecular weight excluding hydrogens is 897 g/mol. The Kier molecular flexibility index (Phi) is 10.8. The summed E-state index contributed by atoms with van der Waals surface area (Å²) in [7, 11) is 0. The second-order valence-electron chi connectivity index (χ2n) is 15.5. The maximum atomic E-state index is 9.38. The molecule has 10 aromatic rings. The molecule has 10 rings (SSSR count). The summed E-state index contributed by atoms with van der Waals surface area (Å²) in [5, 5.41) is 42.5. The van der Waals surface area contributed by atoms with E-state index in [0.29, 0.717) is 9.06 Å². The van der Waals surface area contributed by atoms with Crippen LogP contribution in [0, 0.1) is 73.0 Å². The molecule has 0 bridgehead atoms. The van der Waals surface area contributed by atoms with Gasteiger partial charge in [0.2, 0.25) is 0 Å². The van der Waals surface area contributed by atoms with Crippen molar-refractivity contribution in [1.82, 2.24) is 0 Å². The van der Waals surface area contributed by atoms with Crippen molar-refractivity contribution < 1.29 is 0 Å². The fraction of sp³-hybridized carbons (Fsp3) is 0.0741. The third-order valence-corrected chi connectivity index (χ3v) is 18.1. The van der Waals surface area contributed by atoms with Gasteiger partial charge in [0.1, 0.15) is 35.4 Å². The SMILES string of the molecule is Cc1cccc(C)c1-c1c2cc(-c3ccc(/C=c4/ccc(=C(C#N)C#N)s4)s3)sc2cc2c(-c3c(C)cccc3C)c3cc(-c4ccc(/C=c5/ccc(=C(C#N)C#N)s5)s4)sc3cc12. The Labute approximate surface area is 393 Å². The fourth-order valence-corrected chi connectivity index (χ4v) is 14.8. The van der Waals surface area contributed by atoms with Gasteiger partial charge in [0.05, 0.1) is 9.06 Å². The van der Waals surface area contributed by atoms with E-state index >= 15 is 0 Å². The molecule has 6 heterocycles. The zero-order valence-corrected chi connectivity index (χ0v) is 39.7. The molecule has 0 fully saturated rings. The van der Waals surface area contributed by atoms with Crippen LogP contribution in [0.4, 0.5) is 0 Å². The predicted octanol–water partition coefficient (Wildman–Crippen LogP) is 13.5. The lowest BCUT2D eigenvalue weighted by molar-refractivity contribution is 1.39. The Morgan fingerprint density at radius 3 is 1.16 bits per heavy atom. The molecule has 0 radical (unpaired) electrons. The van der Waals surface area contributed by atoms with Crippen LogP contribution in [0.5, 0.6) is 0 Å². The summed E-state index contributed by atoms with van der Waals surface area (Å²) in [6.45, 7) is 8.91. The number of hydrogen-bond acceptors (Lipinski definition) is 10. The summed E-state index contributed by atoms with van der Waals surface area (Å²) >= 11 is 10.1. The molecule has 0 unspecified atom stereocenters. The standard InChI is InChI=1S/C54H32N4S6/c1-29-7-5-8-30(2)51(29)53-39-21-48-42(24-50(64-48)46-18-14-38(62-46)20-36-12-16-44(60-36)34(27-57)28-58)54(52-31(3)9-6-10-32(52)4)40(39)22-47-41(53)23-49(63-47)45-17-13-37(61-45)19-35-11-15-43(59-35)33(25-55)26-56/h5-24H,1-4H3/b35-19-,36-20-. The molecule has 0 N–H and O–H groups in total. The van der Waals surface area contributed by atoms with Crippen molar-refractivity contribution >= 4 is 122 Å². The molecule has 4 aromatic carbocycles. The second-order valence-corrected chi connectivity index (χ2v) is 22.1. The number of benzene rings is 4. The summed E-state index contributed by atoms with van der Waals surface area (Å²) in [5.74, 6) is 0. The smallest absolute Gasteiger partial charge is 0.146 e. The van der Waals surface area contributed by atoms with Crippen molar-refractivity contribution in [3.63, 3.8) is 0 Å². The molecule has 0 saturated heterocycles. The minimum atomic E-state index is 0.139. The van der Waals surface area contributed by atoms with Crippen molar-refractivity contribution in [2.24, 2.45) is 0 Å². The van der Waals surface area contributed by atoms with E-state index in [-0.39, 0.29) is 11.1 Å².